The fourth-order valence-corrected chi connectivity index (χ4v) is 3.97. The van der Waals surface area contributed by atoms with E-state index in [9.17, 15) is 13.2 Å². The second-order valence-electron chi connectivity index (χ2n) is 8.04. The summed E-state index contributed by atoms with van der Waals surface area (Å²) < 4.78 is 38.6. The summed E-state index contributed by atoms with van der Waals surface area (Å²) in [5, 5.41) is 4.49. The Labute approximate surface area is 208 Å². The van der Waals surface area contributed by atoms with Gasteiger partial charge in [0.2, 0.25) is 5.95 Å². The lowest BCUT2D eigenvalue weighted by molar-refractivity contribution is -0.137. The molecule has 5 rings (SSSR count). The molecule has 0 aliphatic carbocycles. The minimum absolute atomic E-state index is 0.0250. The van der Waals surface area contributed by atoms with Crippen LogP contribution in [0.15, 0.2) is 78.9 Å². The van der Waals surface area contributed by atoms with Gasteiger partial charge in [-0.2, -0.15) is 18.2 Å². The Balaban J connectivity index is 1.45. The predicted molar refractivity (Wildman–Crippen MR) is 137 cm³/mol. The maximum absolute atomic E-state index is 12.9. The van der Waals surface area contributed by atoms with Gasteiger partial charge < -0.3 is 16.8 Å². The minimum Gasteiger partial charge on any atom is -0.398 e. The summed E-state index contributed by atoms with van der Waals surface area (Å²) in [7, 11) is 0. The van der Waals surface area contributed by atoms with Gasteiger partial charge in [-0.15, -0.1) is 0 Å². The molecule has 10 heteroatoms. The molecule has 0 spiro atoms. The van der Waals surface area contributed by atoms with Gasteiger partial charge in [0.05, 0.1) is 22.5 Å². The largest absolute Gasteiger partial charge is 0.416 e. The molecule has 0 fully saturated rings. The Hall–Kier alpha value is -4.37. The molecule has 0 unspecified atom stereocenters. The number of fused-ring (bicyclic) bond motifs is 1. The van der Waals surface area contributed by atoms with Crippen LogP contribution < -0.4 is 16.8 Å². The quantitative estimate of drug-likeness (QED) is 0.244. The lowest BCUT2D eigenvalue weighted by Gasteiger charge is -2.12. The third-order valence-corrected chi connectivity index (χ3v) is 5.72. The topological polar surface area (TPSA) is 103 Å². The van der Waals surface area contributed by atoms with E-state index in [1.54, 1.807) is 18.2 Å². The highest BCUT2D eigenvalue weighted by atomic mass is 35.5. The molecule has 0 saturated carbocycles. The molecular weight excluding hydrogens is 489 g/mol. The van der Waals surface area contributed by atoms with Crippen molar-refractivity contribution in [2.24, 2.45) is 0 Å². The number of hydrogen-bond acceptors (Lipinski definition) is 6. The molecule has 0 saturated heterocycles. The van der Waals surface area contributed by atoms with E-state index in [4.69, 9.17) is 28.1 Å². The number of rotatable bonds is 4. The SMILES string of the molecule is Nc1nc(Nc2ccc3nc(-c4cccc(Cl)c4)cc(N)c3c2)cc(-c2ccc(C(F)(F)F)cc2)n1. The Morgan fingerprint density at radius 2 is 1.50 bits per heavy atom. The first-order valence-corrected chi connectivity index (χ1v) is 11.1. The molecule has 0 bridgehead atoms. The molecule has 0 aliphatic rings. The van der Waals surface area contributed by atoms with Crippen LogP contribution in [0, 0.1) is 0 Å². The van der Waals surface area contributed by atoms with Crippen LogP contribution in [0.25, 0.3) is 33.4 Å². The zero-order valence-corrected chi connectivity index (χ0v) is 19.3. The van der Waals surface area contributed by atoms with Crippen molar-refractivity contribution in [1.29, 1.82) is 0 Å². The van der Waals surface area contributed by atoms with Gasteiger partial charge in [0.15, 0.2) is 0 Å². The summed E-state index contributed by atoms with van der Waals surface area (Å²) in [4.78, 5) is 13.0. The summed E-state index contributed by atoms with van der Waals surface area (Å²) in [6.07, 6.45) is -4.42. The zero-order chi connectivity index (χ0) is 25.4. The summed E-state index contributed by atoms with van der Waals surface area (Å²) in [5.41, 5.74) is 15.8. The highest BCUT2D eigenvalue weighted by molar-refractivity contribution is 6.30. The van der Waals surface area contributed by atoms with Gasteiger partial charge in [0.1, 0.15) is 5.82 Å². The molecule has 2 heterocycles. The molecule has 0 aliphatic heterocycles. The highest BCUT2D eigenvalue weighted by Gasteiger charge is 2.30. The van der Waals surface area contributed by atoms with Gasteiger partial charge in [-0.3, -0.25) is 0 Å². The Morgan fingerprint density at radius 1 is 0.750 bits per heavy atom. The van der Waals surface area contributed by atoms with Crippen LogP contribution in [0.1, 0.15) is 5.56 Å². The number of anilines is 4. The fourth-order valence-electron chi connectivity index (χ4n) is 3.78. The van der Waals surface area contributed by atoms with Gasteiger partial charge in [-0.25, -0.2) is 9.97 Å². The third kappa shape index (κ3) is 4.87. The average Bonchev–Trinajstić information content (AvgIpc) is 2.83. The van der Waals surface area contributed by atoms with Gasteiger partial charge in [-0.1, -0.05) is 35.9 Å². The summed E-state index contributed by atoms with van der Waals surface area (Å²) >= 11 is 6.11. The van der Waals surface area contributed by atoms with Crippen molar-refractivity contribution in [3.63, 3.8) is 0 Å². The number of nitrogen functional groups attached to an aromatic ring is 2. The molecule has 2 aromatic heterocycles. The maximum Gasteiger partial charge on any atom is 0.416 e. The van der Waals surface area contributed by atoms with Crippen molar-refractivity contribution >= 4 is 45.6 Å². The number of aromatic nitrogens is 3. The molecule has 6 nitrogen and oxygen atoms in total. The molecule has 180 valence electrons. The summed E-state index contributed by atoms with van der Waals surface area (Å²) in [6.45, 7) is 0. The number of nitrogens with zero attached hydrogens (tertiary/aromatic N) is 3. The number of alkyl halides is 3. The maximum atomic E-state index is 12.9. The lowest BCUT2D eigenvalue weighted by atomic mass is 10.1. The average molecular weight is 507 g/mol. The predicted octanol–water partition coefficient (Wildman–Crippen LogP) is 6.94. The zero-order valence-electron chi connectivity index (χ0n) is 18.5. The fraction of sp³-hybridized carbons (Fsp3) is 0.0385. The summed E-state index contributed by atoms with van der Waals surface area (Å²) in [5.74, 6) is 0.349. The smallest absolute Gasteiger partial charge is 0.398 e. The van der Waals surface area contributed by atoms with Gasteiger partial charge in [0, 0.05) is 39.0 Å². The number of pyridine rings is 1. The number of nitrogens with one attached hydrogen (secondary N) is 1. The van der Waals surface area contributed by atoms with Crippen molar-refractivity contribution in [3.05, 3.63) is 89.4 Å². The molecule has 0 radical (unpaired) electrons. The van der Waals surface area contributed by atoms with E-state index in [-0.39, 0.29) is 5.95 Å². The van der Waals surface area contributed by atoms with Crippen LogP contribution in [0.2, 0.25) is 5.02 Å². The van der Waals surface area contributed by atoms with Gasteiger partial charge in [0.25, 0.3) is 0 Å². The highest BCUT2D eigenvalue weighted by Crippen LogP contribution is 2.33. The molecule has 36 heavy (non-hydrogen) atoms. The first-order chi connectivity index (χ1) is 17.2. The molecule has 0 atom stereocenters. The molecular formula is C26H18ClF3N6. The first-order valence-electron chi connectivity index (χ1n) is 10.7. The normalized spacial score (nSPS) is 11.6. The Bertz CT molecular complexity index is 1590. The van der Waals surface area contributed by atoms with Crippen LogP contribution in [0.4, 0.5) is 36.3 Å². The second-order valence-corrected chi connectivity index (χ2v) is 8.47. The summed E-state index contributed by atoms with van der Waals surface area (Å²) in [6, 6.07) is 20.9. The van der Waals surface area contributed by atoms with Crippen LogP contribution in [-0.4, -0.2) is 15.0 Å². The van der Waals surface area contributed by atoms with Crippen LogP contribution in [0.3, 0.4) is 0 Å². The van der Waals surface area contributed by atoms with Crippen molar-refractivity contribution < 1.29 is 13.2 Å². The number of nitrogens with two attached hydrogens (primary N) is 2. The van der Waals surface area contributed by atoms with Crippen LogP contribution in [0.5, 0.6) is 0 Å². The molecule has 5 N–H and O–H groups in total. The number of benzene rings is 3. The van der Waals surface area contributed by atoms with Crippen LogP contribution >= 0.6 is 11.6 Å². The Morgan fingerprint density at radius 3 is 2.22 bits per heavy atom. The monoisotopic (exact) mass is 506 g/mol. The van der Waals surface area contributed by atoms with E-state index < -0.39 is 11.7 Å². The van der Waals surface area contributed by atoms with Crippen molar-refractivity contribution in [3.8, 4) is 22.5 Å². The third-order valence-electron chi connectivity index (χ3n) is 5.48. The Kier molecular flexibility index (Phi) is 5.85. The van der Waals surface area contributed by atoms with Gasteiger partial charge >= 0.3 is 6.18 Å². The van der Waals surface area contributed by atoms with Crippen molar-refractivity contribution in [1.82, 2.24) is 15.0 Å². The van der Waals surface area contributed by atoms with Crippen molar-refractivity contribution in [2.45, 2.75) is 6.18 Å². The standard InChI is InChI=1S/C26H18ClF3N6/c27-17-3-1-2-15(10-17)22-12-20(31)19-11-18(8-9-21(19)34-22)33-24-13-23(35-25(32)36-24)14-4-6-16(7-5-14)26(28,29)30/h1-13H,(H2,31,34)(H3,32,33,35,36). The number of hydrogen-bond donors (Lipinski definition) is 3. The van der Waals surface area contributed by atoms with E-state index in [1.165, 1.54) is 12.1 Å². The van der Waals surface area contributed by atoms with E-state index in [0.717, 1.165) is 23.1 Å². The second kappa shape index (κ2) is 9.01. The van der Waals surface area contributed by atoms with E-state index >= 15 is 0 Å². The van der Waals surface area contributed by atoms with E-state index in [2.05, 4.69) is 15.3 Å². The number of halogens is 4. The van der Waals surface area contributed by atoms with Crippen molar-refractivity contribution in [2.75, 3.05) is 16.8 Å². The first kappa shape index (κ1) is 23.4. The van der Waals surface area contributed by atoms with E-state index in [1.807, 2.05) is 36.4 Å². The van der Waals surface area contributed by atoms with Crippen LogP contribution in [-0.2, 0) is 6.18 Å². The minimum atomic E-state index is -4.42. The van der Waals surface area contributed by atoms with E-state index in [0.29, 0.717) is 44.7 Å². The lowest BCUT2D eigenvalue weighted by Crippen LogP contribution is -2.04. The molecule has 0 amide bonds. The molecule has 3 aromatic carbocycles. The molecule has 5 aromatic rings. The van der Waals surface area contributed by atoms with Gasteiger partial charge in [-0.05, 0) is 48.5 Å².